The van der Waals surface area contributed by atoms with Crippen molar-refractivity contribution in [3.8, 4) is 5.75 Å². The van der Waals surface area contributed by atoms with Gasteiger partial charge in [0.1, 0.15) is 11.6 Å². The number of aliphatic hydroxyl groups is 1. The van der Waals surface area contributed by atoms with Crippen LogP contribution in [0.3, 0.4) is 0 Å². The molecule has 2 rings (SSSR count). The number of ether oxygens (including phenoxy) is 3. The molecule has 2 aromatic carbocycles. The van der Waals surface area contributed by atoms with E-state index < -0.39 is 77.7 Å². The largest absolute Gasteiger partial charge is 0.463 e. The fourth-order valence-electron chi connectivity index (χ4n) is 3.02. The predicted octanol–water partition coefficient (Wildman–Crippen LogP) is 4.16. The molecule has 0 heterocycles. The Hall–Kier alpha value is -4.08. The van der Waals surface area contributed by atoms with E-state index in [1.54, 1.807) is 0 Å². The number of hydrogen-bond acceptors (Lipinski definition) is 7. The second-order valence-electron chi connectivity index (χ2n) is 7.54. The molecule has 0 aliphatic heterocycles. The number of nitrogens with one attached hydrogen (secondary N) is 2. The van der Waals surface area contributed by atoms with Crippen molar-refractivity contribution < 1.29 is 64.4 Å². The summed E-state index contributed by atoms with van der Waals surface area (Å²) in [4.78, 5) is 36.7. The SMILES string of the molecule is CCOC(=O)[C@](NC(=O)Nc1ccc([C@](O)(C(=O)OCC)C(F)(F)F)cc1)(Oc1ccc(F)cc1)C(F)(F)F. The summed E-state index contributed by atoms with van der Waals surface area (Å²) in [7, 11) is 0. The van der Waals surface area contributed by atoms with E-state index >= 15 is 0 Å². The van der Waals surface area contributed by atoms with Crippen molar-refractivity contribution in [1.82, 2.24) is 5.32 Å². The van der Waals surface area contributed by atoms with Crippen LogP contribution in [0.4, 0.5) is 41.2 Å². The lowest BCUT2D eigenvalue weighted by atomic mass is 9.93. The Morgan fingerprint density at radius 1 is 0.795 bits per heavy atom. The van der Waals surface area contributed by atoms with Gasteiger partial charge in [0.2, 0.25) is 0 Å². The molecule has 2 amide bonds. The lowest BCUT2D eigenvalue weighted by Gasteiger charge is -2.34. The monoisotopic (exact) mass is 570 g/mol. The van der Waals surface area contributed by atoms with Gasteiger partial charge in [0.25, 0.3) is 5.60 Å². The minimum atomic E-state index is -5.64. The topological polar surface area (TPSA) is 123 Å². The third-order valence-electron chi connectivity index (χ3n) is 4.88. The molecule has 0 bridgehead atoms. The van der Waals surface area contributed by atoms with Gasteiger partial charge in [-0.2, -0.15) is 26.3 Å². The smallest absolute Gasteiger partial charge is 0.460 e. The first-order valence-corrected chi connectivity index (χ1v) is 10.9. The number of esters is 2. The molecule has 3 N–H and O–H groups in total. The highest BCUT2D eigenvalue weighted by Gasteiger charge is 2.66. The van der Waals surface area contributed by atoms with Gasteiger partial charge >= 0.3 is 36.0 Å². The molecule has 0 spiro atoms. The van der Waals surface area contributed by atoms with E-state index in [9.17, 15) is 50.2 Å². The van der Waals surface area contributed by atoms with Crippen LogP contribution in [0.15, 0.2) is 48.5 Å². The minimum Gasteiger partial charge on any atom is -0.463 e. The molecule has 0 saturated heterocycles. The number of anilines is 1. The standard InChI is InChI=1S/C23H21F7N2O7/c1-3-37-17(33)20(36,22(25,26)27)13-5-9-15(10-6-13)31-19(35)32-21(23(28,29)30,18(34)38-4-2)39-16-11-7-14(24)8-12-16/h5-12,36H,3-4H2,1-2H3,(H2,31,32,35)/t20-,21-/m0/s1. The summed E-state index contributed by atoms with van der Waals surface area (Å²) in [5.41, 5.74) is -9.66. The fourth-order valence-corrected chi connectivity index (χ4v) is 3.02. The molecular weight excluding hydrogens is 549 g/mol. The third kappa shape index (κ3) is 6.68. The highest BCUT2D eigenvalue weighted by Crippen LogP contribution is 2.40. The van der Waals surface area contributed by atoms with E-state index in [2.05, 4.69) is 9.47 Å². The van der Waals surface area contributed by atoms with Crippen LogP contribution in [0.1, 0.15) is 19.4 Å². The summed E-state index contributed by atoms with van der Waals surface area (Å²) in [5, 5.41) is 13.2. The summed E-state index contributed by atoms with van der Waals surface area (Å²) in [6, 6.07) is 3.80. The quantitative estimate of drug-likeness (QED) is 0.235. The van der Waals surface area contributed by atoms with Crippen LogP contribution in [-0.4, -0.2) is 54.4 Å². The molecule has 16 heteroatoms. The van der Waals surface area contributed by atoms with Crippen LogP contribution in [-0.2, 0) is 24.7 Å². The summed E-state index contributed by atoms with van der Waals surface area (Å²) in [6.07, 6.45) is -11.2. The van der Waals surface area contributed by atoms with Crippen molar-refractivity contribution in [3.63, 3.8) is 0 Å². The molecule has 9 nitrogen and oxygen atoms in total. The number of urea groups is 1. The highest BCUT2D eigenvalue weighted by atomic mass is 19.4. The zero-order valence-electron chi connectivity index (χ0n) is 20.1. The summed E-state index contributed by atoms with van der Waals surface area (Å²) < 4.78 is 110. The lowest BCUT2D eigenvalue weighted by molar-refractivity contribution is -0.268. The van der Waals surface area contributed by atoms with Crippen LogP contribution in [0.25, 0.3) is 0 Å². The summed E-state index contributed by atoms with van der Waals surface area (Å²) in [6.45, 7) is 1.34. The Bertz CT molecular complexity index is 1170. The predicted molar refractivity (Wildman–Crippen MR) is 118 cm³/mol. The molecule has 0 unspecified atom stereocenters. The van der Waals surface area contributed by atoms with Crippen LogP contribution in [0, 0.1) is 5.82 Å². The third-order valence-corrected chi connectivity index (χ3v) is 4.88. The van der Waals surface area contributed by atoms with Crippen LogP contribution >= 0.6 is 0 Å². The van der Waals surface area contributed by atoms with Crippen LogP contribution in [0.5, 0.6) is 5.75 Å². The van der Waals surface area contributed by atoms with Crippen molar-refractivity contribution in [2.75, 3.05) is 18.5 Å². The lowest BCUT2D eigenvalue weighted by Crippen LogP contribution is -2.69. The van der Waals surface area contributed by atoms with Crippen molar-refractivity contribution in [2.45, 2.75) is 37.5 Å². The maximum Gasteiger partial charge on any atom is 0.460 e. The van der Waals surface area contributed by atoms with Crippen molar-refractivity contribution in [2.24, 2.45) is 0 Å². The van der Waals surface area contributed by atoms with Gasteiger partial charge in [-0.3, -0.25) is 5.32 Å². The van der Waals surface area contributed by atoms with Gasteiger partial charge in [-0.25, -0.2) is 18.8 Å². The molecule has 0 saturated carbocycles. The molecule has 214 valence electrons. The normalized spacial score (nSPS) is 14.8. The molecule has 0 aliphatic rings. The Labute approximate surface area is 215 Å². The van der Waals surface area contributed by atoms with Crippen molar-refractivity contribution >= 4 is 23.7 Å². The molecule has 2 atom stereocenters. The van der Waals surface area contributed by atoms with E-state index in [1.807, 2.05) is 5.32 Å². The molecule has 0 aromatic heterocycles. The number of carbonyl (C=O) groups is 3. The average Bonchev–Trinajstić information content (AvgIpc) is 2.83. The van der Waals surface area contributed by atoms with E-state index in [-0.39, 0.29) is 0 Å². The highest BCUT2D eigenvalue weighted by molar-refractivity contribution is 5.94. The van der Waals surface area contributed by atoms with Gasteiger partial charge < -0.3 is 24.6 Å². The zero-order chi connectivity index (χ0) is 29.6. The Morgan fingerprint density at radius 2 is 1.31 bits per heavy atom. The van der Waals surface area contributed by atoms with E-state index in [1.165, 1.54) is 19.2 Å². The van der Waals surface area contributed by atoms with Gasteiger partial charge in [-0.1, -0.05) is 12.1 Å². The number of carbonyl (C=O) groups excluding carboxylic acids is 3. The molecule has 0 radical (unpaired) electrons. The number of alkyl halides is 6. The van der Waals surface area contributed by atoms with Gasteiger partial charge in [0.15, 0.2) is 0 Å². The number of benzene rings is 2. The average molecular weight is 570 g/mol. The Kier molecular flexibility index (Phi) is 9.39. The number of rotatable bonds is 9. The van der Waals surface area contributed by atoms with Crippen LogP contribution in [0.2, 0.25) is 0 Å². The number of halogens is 7. The van der Waals surface area contributed by atoms with E-state index in [4.69, 9.17) is 4.74 Å². The summed E-state index contributed by atoms with van der Waals surface area (Å²) in [5.74, 6) is -5.64. The minimum absolute atomic E-state index is 0.425. The zero-order valence-corrected chi connectivity index (χ0v) is 20.1. The second kappa shape index (κ2) is 11.8. The molecule has 39 heavy (non-hydrogen) atoms. The van der Waals surface area contributed by atoms with E-state index in [0.29, 0.717) is 12.1 Å². The first kappa shape index (κ1) is 31.1. The maximum atomic E-state index is 14.1. The maximum absolute atomic E-state index is 14.1. The molecule has 0 fully saturated rings. The molecule has 2 aromatic rings. The van der Waals surface area contributed by atoms with Gasteiger partial charge in [0.05, 0.1) is 13.2 Å². The van der Waals surface area contributed by atoms with Gasteiger partial charge in [0, 0.05) is 11.3 Å². The second-order valence-corrected chi connectivity index (χ2v) is 7.54. The van der Waals surface area contributed by atoms with Crippen LogP contribution < -0.4 is 15.4 Å². The van der Waals surface area contributed by atoms with Crippen molar-refractivity contribution in [3.05, 3.63) is 59.9 Å². The van der Waals surface area contributed by atoms with Gasteiger partial charge in [-0.05, 0) is 50.2 Å². The first-order valence-electron chi connectivity index (χ1n) is 10.9. The first-order chi connectivity index (χ1) is 18.0. The van der Waals surface area contributed by atoms with E-state index in [0.717, 1.165) is 36.4 Å². The fraction of sp³-hybridized carbons (Fsp3) is 0.348. The summed E-state index contributed by atoms with van der Waals surface area (Å²) >= 11 is 0. The molecule has 0 aliphatic carbocycles. The number of amides is 2. The number of hydrogen-bond donors (Lipinski definition) is 3. The molecular formula is C23H21F7N2O7. The van der Waals surface area contributed by atoms with Gasteiger partial charge in [-0.15, -0.1) is 0 Å². The van der Waals surface area contributed by atoms with Crippen molar-refractivity contribution in [1.29, 1.82) is 0 Å². The Morgan fingerprint density at radius 3 is 1.77 bits per heavy atom. The Balaban J connectivity index is 2.38.